The van der Waals surface area contributed by atoms with Gasteiger partial charge in [-0.15, -0.1) is 0 Å². The number of benzene rings is 1. The Morgan fingerprint density at radius 2 is 1.88 bits per heavy atom. The van der Waals surface area contributed by atoms with Crippen molar-refractivity contribution in [3.05, 3.63) is 29.8 Å². The van der Waals surface area contributed by atoms with Crippen molar-refractivity contribution in [1.29, 1.82) is 0 Å². The molecule has 1 aromatic rings. The summed E-state index contributed by atoms with van der Waals surface area (Å²) in [4.78, 5) is 17.8. The molecule has 0 aliphatic carbocycles. The Labute approximate surface area is 158 Å². The van der Waals surface area contributed by atoms with Crippen molar-refractivity contribution in [2.75, 3.05) is 26.7 Å². The molecule has 4 nitrogen and oxygen atoms in total. The summed E-state index contributed by atoms with van der Waals surface area (Å²) >= 11 is 0. The molecule has 0 aromatic heterocycles. The molecular formula is C22H34N2O2. The maximum atomic E-state index is 13.0. The van der Waals surface area contributed by atoms with Crippen LogP contribution in [0.15, 0.2) is 24.3 Å². The average Bonchev–Trinajstić information content (AvgIpc) is 2.66. The van der Waals surface area contributed by atoms with E-state index >= 15 is 0 Å². The fourth-order valence-electron chi connectivity index (χ4n) is 4.66. The molecule has 0 bridgehead atoms. The first kappa shape index (κ1) is 19.2. The van der Waals surface area contributed by atoms with Crippen LogP contribution in [0.2, 0.25) is 0 Å². The van der Waals surface area contributed by atoms with E-state index in [1.54, 1.807) is 7.11 Å². The fraction of sp³-hybridized carbons (Fsp3) is 0.682. The molecule has 4 heteroatoms. The van der Waals surface area contributed by atoms with Crippen LogP contribution in [0, 0.1) is 5.92 Å². The average molecular weight is 359 g/mol. The predicted molar refractivity (Wildman–Crippen MR) is 105 cm³/mol. The van der Waals surface area contributed by atoms with Gasteiger partial charge in [0.25, 0.3) is 0 Å². The summed E-state index contributed by atoms with van der Waals surface area (Å²) in [5.41, 5.74) is 1.06. The number of hydrogen-bond acceptors (Lipinski definition) is 3. The lowest BCUT2D eigenvalue weighted by atomic mass is 9.83. The van der Waals surface area contributed by atoms with E-state index in [9.17, 15) is 4.79 Å². The van der Waals surface area contributed by atoms with Crippen molar-refractivity contribution in [3.63, 3.8) is 0 Å². The van der Waals surface area contributed by atoms with Gasteiger partial charge in [-0.05, 0) is 76.2 Å². The fourth-order valence-corrected chi connectivity index (χ4v) is 4.66. The van der Waals surface area contributed by atoms with Gasteiger partial charge in [0.05, 0.1) is 13.5 Å². The van der Waals surface area contributed by atoms with Crippen molar-refractivity contribution in [1.82, 2.24) is 9.80 Å². The predicted octanol–water partition coefficient (Wildman–Crippen LogP) is 3.74. The summed E-state index contributed by atoms with van der Waals surface area (Å²) in [5, 5.41) is 0. The molecule has 2 aliphatic heterocycles. The third kappa shape index (κ3) is 4.59. The molecule has 144 valence electrons. The van der Waals surface area contributed by atoms with Crippen LogP contribution >= 0.6 is 0 Å². The SMILES string of the molecule is COc1ccc(CC(=O)N(CC2CCCN3CCCCC23)C(C)C)cc1. The lowest BCUT2D eigenvalue weighted by Gasteiger charge is -2.46. The van der Waals surface area contributed by atoms with E-state index in [1.807, 2.05) is 24.3 Å². The van der Waals surface area contributed by atoms with Crippen LogP contribution in [-0.2, 0) is 11.2 Å². The molecule has 3 rings (SSSR count). The molecule has 0 saturated carbocycles. The summed E-state index contributed by atoms with van der Waals surface area (Å²) in [5.74, 6) is 1.71. The second-order valence-electron chi connectivity index (χ2n) is 8.17. The van der Waals surface area contributed by atoms with Crippen LogP contribution in [0.5, 0.6) is 5.75 Å². The Kier molecular flexibility index (Phi) is 6.58. The lowest BCUT2D eigenvalue weighted by molar-refractivity contribution is -0.133. The number of piperidine rings is 2. The minimum absolute atomic E-state index is 0.248. The maximum absolute atomic E-state index is 13.0. The molecule has 0 radical (unpaired) electrons. The second-order valence-corrected chi connectivity index (χ2v) is 8.17. The molecule has 26 heavy (non-hydrogen) atoms. The molecule has 2 heterocycles. The molecular weight excluding hydrogens is 324 g/mol. The molecule has 2 atom stereocenters. The van der Waals surface area contributed by atoms with Gasteiger partial charge in [-0.1, -0.05) is 18.6 Å². The Hall–Kier alpha value is -1.55. The molecule has 1 amide bonds. The van der Waals surface area contributed by atoms with E-state index in [1.165, 1.54) is 45.2 Å². The normalized spacial score (nSPS) is 23.5. The van der Waals surface area contributed by atoms with E-state index in [0.29, 0.717) is 18.4 Å². The highest BCUT2D eigenvalue weighted by molar-refractivity contribution is 5.79. The first-order chi connectivity index (χ1) is 12.6. The Morgan fingerprint density at radius 3 is 2.58 bits per heavy atom. The Bertz CT molecular complexity index is 582. The van der Waals surface area contributed by atoms with Gasteiger partial charge in [0.1, 0.15) is 5.75 Å². The van der Waals surface area contributed by atoms with E-state index in [4.69, 9.17) is 4.74 Å². The van der Waals surface area contributed by atoms with Crippen LogP contribution in [0.1, 0.15) is 51.5 Å². The second kappa shape index (κ2) is 8.90. The number of hydrogen-bond donors (Lipinski definition) is 0. The largest absolute Gasteiger partial charge is 0.497 e. The first-order valence-electron chi connectivity index (χ1n) is 10.2. The third-order valence-electron chi connectivity index (χ3n) is 6.12. The van der Waals surface area contributed by atoms with Crippen molar-refractivity contribution >= 4 is 5.91 Å². The first-order valence-corrected chi connectivity index (χ1v) is 10.2. The zero-order valence-electron chi connectivity index (χ0n) is 16.6. The van der Waals surface area contributed by atoms with Crippen LogP contribution in [-0.4, -0.2) is 54.5 Å². The number of rotatable bonds is 6. The number of fused-ring (bicyclic) bond motifs is 1. The summed E-state index contributed by atoms with van der Waals surface area (Å²) in [7, 11) is 1.67. The zero-order valence-corrected chi connectivity index (χ0v) is 16.6. The third-order valence-corrected chi connectivity index (χ3v) is 6.12. The molecule has 1 aromatic carbocycles. The van der Waals surface area contributed by atoms with E-state index < -0.39 is 0 Å². The van der Waals surface area contributed by atoms with Crippen LogP contribution in [0.3, 0.4) is 0 Å². The van der Waals surface area contributed by atoms with Gasteiger partial charge in [-0.25, -0.2) is 0 Å². The minimum Gasteiger partial charge on any atom is -0.497 e. The lowest BCUT2D eigenvalue weighted by Crippen LogP contribution is -2.52. The van der Waals surface area contributed by atoms with Crippen molar-refractivity contribution in [3.8, 4) is 5.75 Å². The van der Waals surface area contributed by atoms with Crippen molar-refractivity contribution in [2.24, 2.45) is 5.92 Å². The summed E-state index contributed by atoms with van der Waals surface area (Å²) in [6.07, 6.45) is 7.01. The van der Waals surface area contributed by atoms with E-state index in [0.717, 1.165) is 17.9 Å². The monoisotopic (exact) mass is 358 g/mol. The van der Waals surface area contributed by atoms with Gasteiger partial charge < -0.3 is 14.5 Å². The number of methoxy groups -OCH3 is 1. The number of carbonyl (C=O) groups is 1. The number of carbonyl (C=O) groups excluding carboxylic acids is 1. The van der Waals surface area contributed by atoms with Crippen LogP contribution in [0.4, 0.5) is 0 Å². The summed E-state index contributed by atoms with van der Waals surface area (Å²) < 4.78 is 5.21. The molecule has 0 N–H and O–H groups in total. The number of nitrogens with zero attached hydrogens (tertiary/aromatic N) is 2. The zero-order chi connectivity index (χ0) is 18.5. The highest BCUT2D eigenvalue weighted by Crippen LogP contribution is 2.32. The van der Waals surface area contributed by atoms with Gasteiger partial charge in [-0.2, -0.15) is 0 Å². The Balaban J connectivity index is 1.64. The standard InChI is InChI=1S/C22H34N2O2/c1-17(2)24(22(25)15-18-9-11-20(26-3)12-10-18)16-19-7-6-14-23-13-5-4-8-21(19)23/h9-12,17,19,21H,4-8,13-16H2,1-3H3. The van der Waals surface area contributed by atoms with Crippen molar-refractivity contribution < 1.29 is 9.53 Å². The number of amides is 1. The van der Waals surface area contributed by atoms with Gasteiger partial charge in [-0.3, -0.25) is 4.79 Å². The molecule has 2 unspecified atom stereocenters. The smallest absolute Gasteiger partial charge is 0.227 e. The highest BCUT2D eigenvalue weighted by atomic mass is 16.5. The quantitative estimate of drug-likeness (QED) is 0.777. The van der Waals surface area contributed by atoms with Gasteiger partial charge in [0, 0.05) is 18.6 Å². The summed E-state index contributed by atoms with van der Waals surface area (Å²) in [6, 6.07) is 8.80. The van der Waals surface area contributed by atoms with Crippen molar-refractivity contribution in [2.45, 2.75) is 64.5 Å². The Morgan fingerprint density at radius 1 is 1.15 bits per heavy atom. The van der Waals surface area contributed by atoms with Gasteiger partial charge >= 0.3 is 0 Å². The molecule has 2 fully saturated rings. The number of ether oxygens (including phenoxy) is 1. The maximum Gasteiger partial charge on any atom is 0.227 e. The molecule has 0 spiro atoms. The molecule has 2 aliphatic rings. The van der Waals surface area contributed by atoms with Gasteiger partial charge in [0.15, 0.2) is 0 Å². The van der Waals surface area contributed by atoms with E-state index in [2.05, 4.69) is 23.6 Å². The van der Waals surface area contributed by atoms with E-state index in [-0.39, 0.29) is 11.9 Å². The topological polar surface area (TPSA) is 32.8 Å². The van der Waals surface area contributed by atoms with Crippen LogP contribution in [0.25, 0.3) is 0 Å². The highest BCUT2D eigenvalue weighted by Gasteiger charge is 2.35. The summed E-state index contributed by atoms with van der Waals surface area (Å²) in [6.45, 7) is 7.71. The molecule has 2 saturated heterocycles. The van der Waals surface area contributed by atoms with Crippen LogP contribution < -0.4 is 4.74 Å². The van der Waals surface area contributed by atoms with Gasteiger partial charge in [0.2, 0.25) is 5.91 Å². The minimum atomic E-state index is 0.248.